The summed E-state index contributed by atoms with van der Waals surface area (Å²) in [4.78, 5) is 0. The third-order valence-electron chi connectivity index (χ3n) is 2.20. The van der Waals surface area contributed by atoms with Crippen LogP contribution in [0.15, 0.2) is 5.03 Å². The first-order chi connectivity index (χ1) is 8.64. The fourth-order valence-electron chi connectivity index (χ4n) is 1.41. The lowest BCUT2D eigenvalue weighted by Gasteiger charge is -2.15. The Balaban J connectivity index is 3.22. The quantitative estimate of drug-likeness (QED) is 0.736. The highest BCUT2D eigenvalue weighted by Gasteiger charge is 2.28. The fraction of sp³-hybridized carbons (Fsp3) is 0.667. The van der Waals surface area contributed by atoms with Gasteiger partial charge < -0.3 is 9.05 Å². The summed E-state index contributed by atoms with van der Waals surface area (Å²) in [6.45, 7) is 2.82. The second kappa shape index (κ2) is 6.10. The molecule has 19 heavy (non-hydrogen) atoms. The topological polar surface area (TPSA) is 70.4 Å². The largest absolute Gasteiger partial charge is 0.423 e. The summed E-state index contributed by atoms with van der Waals surface area (Å²) in [7, 11) is -1.99. The van der Waals surface area contributed by atoms with Crippen LogP contribution in [0.4, 0.5) is 0 Å². The summed E-state index contributed by atoms with van der Waals surface area (Å²) in [6.07, 6.45) is 0. The van der Waals surface area contributed by atoms with E-state index in [-0.39, 0.29) is 21.7 Å². The van der Waals surface area contributed by atoms with E-state index >= 15 is 0 Å². The van der Waals surface area contributed by atoms with Gasteiger partial charge in [-0.15, -0.1) is 5.10 Å². The van der Waals surface area contributed by atoms with Crippen LogP contribution >= 0.6 is 18.1 Å². The summed E-state index contributed by atoms with van der Waals surface area (Å²) in [5.41, 5.74) is 0. The Bertz CT molecular complexity index is 614. The van der Waals surface area contributed by atoms with Crippen LogP contribution in [0, 0.1) is 0 Å². The van der Waals surface area contributed by atoms with E-state index < -0.39 is 16.3 Å². The lowest BCUT2D eigenvalue weighted by molar-refractivity contribution is 0.332. The molecule has 10 heteroatoms. The maximum atomic E-state index is 11.9. The van der Waals surface area contributed by atoms with E-state index in [1.165, 1.54) is 18.7 Å². The van der Waals surface area contributed by atoms with E-state index in [1.54, 1.807) is 13.6 Å². The zero-order valence-corrected chi connectivity index (χ0v) is 14.4. The van der Waals surface area contributed by atoms with Crippen LogP contribution in [0.3, 0.4) is 0 Å². The van der Waals surface area contributed by atoms with Gasteiger partial charge in [-0.2, -0.15) is 0 Å². The third kappa shape index (κ3) is 3.92. The molecule has 0 aliphatic carbocycles. The monoisotopic (exact) mass is 346 g/mol. The fourth-order valence-corrected chi connectivity index (χ4v) is 4.58. The van der Waals surface area contributed by atoms with Gasteiger partial charge >= 0.3 is 0 Å². The summed E-state index contributed by atoms with van der Waals surface area (Å²) in [5, 5.41) is 3.83. The molecule has 1 atom stereocenters. The molecule has 1 aromatic rings. The van der Waals surface area contributed by atoms with E-state index in [0.717, 1.165) is 0 Å². The molecule has 0 aliphatic heterocycles. The Kier molecular flexibility index (Phi) is 5.43. The van der Waals surface area contributed by atoms with Gasteiger partial charge in [-0.1, -0.05) is 18.5 Å². The second-order valence-electron chi connectivity index (χ2n) is 3.73. The Morgan fingerprint density at radius 1 is 1.47 bits per heavy atom. The lowest BCUT2D eigenvalue weighted by atomic mass is 10.7. The van der Waals surface area contributed by atoms with E-state index in [9.17, 15) is 8.42 Å². The van der Waals surface area contributed by atoms with Crippen LogP contribution in [0.1, 0.15) is 13.8 Å². The van der Waals surface area contributed by atoms with Gasteiger partial charge in [0.25, 0.3) is 5.88 Å². The molecule has 1 unspecified atom stereocenters. The molecular formula is C9H16ClN2O4PS2. The van der Waals surface area contributed by atoms with Crippen molar-refractivity contribution in [3.63, 3.8) is 0 Å². The van der Waals surface area contributed by atoms with Crippen LogP contribution in [0.5, 0.6) is 5.88 Å². The number of halogens is 1. The molecule has 0 saturated carbocycles. The number of rotatable bonds is 6. The molecule has 6 nitrogen and oxygen atoms in total. The second-order valence-corrected chi connectivity index (χ2v) is 10.3. The van der Waals surface area contributed by atoms with E-state index in [4.69, 9.17) is 32.5 Å². The Hall–Kier alpha value is -0.140. The molecule has 110 valence electrons. The van der Waals surface area contributed by atoms with Crippen molar-refractivity contribution in [3.8, 4) is 5.88 Å². The van der Waals surface area contributed by atoms with Gasteiger partial charge in [-0.3, -0.25) is 4.68 Å². The van der Waals surface area contributed by atoms with Crippen LogP contribution in [0.25, 0.3) is 0 Å². The predicted molar refractivity (Wildman–Crippen MR) is 78.4 cm³/mol. The van der Waals surface area contributed by atoms with Gasteiger partial charge in [0, 0.05) is 13.7 Å². The molecule has 0 radical (unpaired) electrons. The number of aromatic nitrogens is 2. The highest BCUT2D eigenvalue weighted by Crippen LogP contribution is 2.47. The van der Waals surface area contributed by atoms with Crippen LogP contribution in [0.2, 0.25) is 5.02 Å². The van der Waals surface area contributed by atoms with E-state index in [1.807, 2.05) is 0 Å². The Morgan fingerprint density at radius 2 is 2.05 bits per heavy atom. The van der Waals surface area contributed by atoms with Crippen molar-refractivity contribution in [2.75, 3.05) is 19.0 Å². The molecule has 0 aromatic carbocycles. The van der Waals surface area contributed by atoms with Gasteiger partial charge in [-0.25, -0.2) is 8.42 Å². The normalized spacial score (nSPS) is 15.2. The number of sulfone groups is 1. The summed E-state index contributed by atoms with van der Waals surface area (Å²) in [5.74, 6) is -0.0762. The van der Waals surface area contributed by atoms with Crippen LogP contribution < -0.4 is 4.52 Å². The van der Waals surface area contributed by atoms with Crippen molar-refractivity contribution in [2.24, 2.45) is 7.05 Å². The van der Waals surface area contributed by atoms with Crippen molar-refractivity contribution < 1.29 is 17.5 Å². The van der Waals surface area contributed by atoms with Gasteiger partial charge in [0.15, 0.2) is 14.9 Å². The first kappa shape index (κ1) is 16.9. The predicted octanol–water partition coefficient (Wildman–Crippen LogP) is 2.22. The number of aryl methyl sites for hydroxylation is 1. The SMILES string of the molecule is CCOP(C)(=S)Oc1nn(C)c(S(=O)(=O)CC)c1Cl. The Morgan fingerprint density at radius 3 is 2.53 bits per heavy atom. The molecule has 0 spiro atoms. The minimum Gasteiger partial charge on any atom is -0.423 e. The average molecular weight is 347 g/mol. The molecule has 1 rings (SSSR count). The van der Waals surface area contributed by atoms with Crippen molar-refractivity contribution in [1.82, 2.24) is 9.78 Å². The molecule has 0 aliphatic rings. The maximum Gasteiger partial charge on any atom is 0.258 e. The first-order valence-electron chi connectivity index (χ1n) is 5.51. The lowest BCUT2D eigenvalue weighted by Crippen LogP contribution is -2.10. The number of hydrogen-bond donors (Lipinski definition) is 0. The summed E-state index contributed by atoms with van der Waals surface area (Å²) in [6, 6.07) is 0. The molecule has 0 amide bonds. The van der Waals surface area contributed by atoms with Gasteiger partial charge in [0.1, 0.15) is 5.02 Å². The zero-order valence-electron chi connectivity index (χ0n) is 11.1. The van der Waals surface area contributed by atoms with Crippen LogP contribution in [-0.4, -0.2) is 37.2 Å². The van der Waals surface area contributed by atoms with Crippen LogP contribution in [-0.2, 0) is 33.2 Å². The van der Waals surface area contributed by atoms with E-state index in [2.05, 4.69) is 5.10 Å². The average Bonchev–Trinajstić information content (AvgIpc) is 2.53. The van der Waals surface area contributed by atoms with Crippen molar-refractivity contribution in [3.05, 3.63) is 5.02 Å². The third-order valence-corrected chi connectivity index (χ3v) is 6.24. The number of nitrogens with zero attached hydrogens (tertiary/aromatic N) is 2. The molecule has 0 bridgehead atoms. The molecule has 0 saturated heterocycles. The molecule has 0 N–H and O–H groups in total. The minimum absolute atomic E-state index is 0.00419. The van der Waals surface area contributed by atoms with Crippen molar-refractivity contribution >= 4 is 39.7 Å². The van der Waals surface area contributed by atoms with Crippen molar-refractivity contribution in [2.45, 2.75) is 18.9 Å². The Labute approximate surface area is 123 Å². The highest BCUT2D eigenvalue weighted by molar-refractivity contribution is 8.09. The van der Waals surface area contributed by atoms with Gasteiger partial charge in [-0.05, 0) is 18.7 Å². The number of hydrogen-bond acceptors (Lipinski definition) is 6. The van der Waals surface area contributed by atoms with Gasteiger partial charge in [0.2, 0.25) is 6.49 Å². The molecular weight excluding hydrogens is 331 g/mol. The first-order valence-corrected chi connectivity index (χ1v) is 10.6. The standard InChI is InChI=1S/C9H16ClN2O4PS2/c1-5-15-17(4,18)16-8-7(10)9(12(3)11-8)19(13,14)6-2/h5-6H2,1-4H3. The summed E-state index contributed by atoms with van der Waals surface area (Å²) < 4.78 is 35.7. The zero-order chi connectivity index (χ0) is 14.8. The molecule has 1 aromatic heterocycles. The van der Waals surface area contributed by atoms with Gasteiger partial charge in [0.05, 0.1) is 12.4 Å². The van der Waals surface area contributed by atoms with E-state index in [0.29, 0.717) is 6.61 Å². The smallest absolute Gasteiger partial charge is 0.258 e. The summed E-state index contributed by atoms with van der Waals surface area (Å²) >= 11 is 11.2. The highest BCUT2D eigenvalue weighted by atomic mass is 35.5. The molecule has 0 fully saturated rings. The maximum absolute atomic E-state index is 11.9. The van der Waals surface area contributed by atoms with Crippen molar-refractivity contribution in [1.29, 1.82) is 0 Å². The minimum atomic E-state index is -3.48. The molecule has 1 heterocycles.